The number of carbonyl (C=O) groups is 1. The van der Waals surface area contributed by atoms with Crippen molar-refractivity contribution in [3.63, 3.8) is 0 Å². The SMILES string of the molecule is CN(C)N1C(N)=C(C#N)[C@H](c2ccc(F)cc2)C2=C1C[C@@H](c1ccccc1)CC2=O. The molecule has 6 heteroatoms. The Kier molecular flexibility index (Phi) is 5.15. The molecular weight excluding hydrogens is 379 g/mol. The van der Waals surface area contributed by atoms with Crippen LogP contribution in [0.4, 0.5) is 4.39 Å². The molecule has 0 fully saturated rings. The first-order valence-electron chi connectivity index (χ1n) is 9.86. The Morgan fingerprint density at radius 3 is 2.33 bits per heavy atom. The number of benzene rings is 2. The second kappa shape index (κ2) is 7.77. The first kappa shape index (κ1) is 19.9. The molecule has 2 aromatic carbocycles. The van der Waals surface area contributed by atoms with Crippen molar-refractivity contribution in [1.29, 1.82) is 5.26 Å². The maximum atomic E-state index is 13.5. The highest BCUT2D eigenvalue weighted by Crippen LogP contribution is 2.47. The summed E-state index contributed by atoms with van der Waals surface area (Å²) in [5.41, 5.74) is 9.92. The molecule has 152 valence electrons. The summed E-state index contributed by atoms with van der Waals surface area (Å²) in [6.07, 6.45) is 0.987. The van der Waals surface area contributed by atoms with E-state index in [1.807, 2.05) is 44.4 Å². The average Bonchev–Trinajstić information content (AvgIpc) is 2.73. The highest BCUT2D eigenvalue weighted by atomic mass is 19.1. The fourth-order valence-electron chi connectivity index (χ4n) is 4.52. The maximum absolute atomic E-state index is 13.5. The van der Waals surface area contributed by atoms with Gasteiger partial charge in [0.05, 0.1) is 17.6 Å². The van der Waals surface area contributed by atoms with E-state index >= 15 is 0 Å². The zero-order valence-electron chi connectivity index (χ0n) is 17.0. The minimum Gasteiger partial charge on any atom is -0.383 e. The predicted octanol–water partition coefficient (Wildman–Crippen LogP) is 3.80. The number of Topliss-reactive ketones (excluding diaryl/α,β-unsaturated/α-hetero) is 1. The Bertz CT molecular complexity index is 1080. The topological polar surface area (TPSA) is 73.4 Å². The van der Waals surface area contributed by atoms with E-state index in [0.717, 1.165) is 11.3 Å². The van der Waals surface area contributed by atoms with Crippen molar-refractivity contribution in [3.05, 3.63) is 94.2 Å². The van der Waals surface area contributed by atoms with Crippen molar-refractivity contribution in [1.82, 2.24) is 10.0 Å². The number of carbonyl (C=O) groups excluding carboxylic acids is 1. The van der Waals surface area contributed by atoms with E-state index in [1.165, 1.54) is 12.1 Å². The van der Waals surface area contributed by atoms with Gasteiger partial charge in [-0.1, -0.05) is 42.5 Å². The van der Waals surface area contributed by atoms with Gasteiger partial charge < -0.3 is 5.73 Å². The van der Waals surface area contributed by atoms with Gasteiger partial charge in [0.15, 0.2) is 5.78 Å². The van der Waals surface area contributed by atoms with Gasteiger partial charge in [-0.05, 0) is 35.6 Å². The Hall–Kier alpha value is -3.43. The third-order valence-electron chi connectivity index (χ3n) is 5.81. The molecule has 2 N–H and O–H groups in total. The van der Waals surface area contributed by atoms with Gasteiger partial charge in [0.25, 0.3) is 0 Å². The zero-order valence-corrected chi connectivity index (χ0v) is 17.0. The van der Waals surface area contributed by atoms with E-state index in [2.05, 4.69) is 6.07 Å². The number of ketones is 1. The summed E-state index contributed by atoms with van der Waals surface area (Å²) in [4.78, 5) is 13.4. The lowest BCUT2D eigenvalue weighted by Gasteiger charge is -2.43. The summed E-state index contributed by atoms with van der Waals surface area (Å²) in [5, 5.41) is 13.5. The Morgan fingerprint density at radius 1 is 1.07 bits per heavy atom. The average molecular weight is 402 g/mol. The summed E-state index contributed by atoms with van der Waals surface area (Å²) < 4.78 is 13.5. The number of nitriles is 1. The van der Waals surface area contributed by atoms with Crippen molar-refractivity contribution in [2.24, 2.45) is 5.73 Å². The van der Waals surface area contributed by atoms with Gasteiger partial charge in [0.1, 0.15) is 11.6 Å². The molecule has 0 aromatic heterocycles. The van der Waals surface area contributed by atoms with Crippen molar-refractivity contribution >= 4 is 5.78 Å². The zero-order chi connectivity index (χ0) is 21.4. The van der Waals surface area contributed by atoms with Crippen molar-refractivity contribution in [3.8, 4) is 6.07 Å². The molecule has 2 aliphatic rings. The Balaban J connectivity index is 1.89. The van der Waals surface area contributed by atoms with Gasteiger partial charge in [-0.15, -0.1) is 0 Å². The van der Waals surface area contributed by atoms with Crippen LogP contribution in [-0.2, 0) is 4.79 Å². The number of halogens is 1. The molecule has 0 spiro atoms. The minimum absolute atomic E-state index is 0.00784. The van der Waals surface area contributed by atoms with Crippen LogP contribution in [0.2, 0.25) is 0 Å². The first-order chi connectivity index (χ1) is 14.4. The number of hydrogen-bond acceptors (Lipinski definition) is 5. The standard InChI is InChI=1S/C24H23FN4O/c1-28(2)29-20-12-17(15-6-4-3-5-7-15)13-21(30)23(20)22(19(14-26)24(29)27)16-8-10-18(25)11-9-16/h3-11,17,22H,12-13,27H2,1-2H3/t17-,22+/m1/s1. The van der Waals surface area contributed by atoms with Gasteiger partial charge in [-0.25, -0.2) is 9.40 Å². The van der Waals surface area contributed by atoms with Crippen LogP contribution in [0.15, 0.2) is 77.3 Å². The third-order valence-corrected chi connectivity index (χ3v) is 5.81. The van der Waals surface area contributed by atoms with Crippen LogP contribution in [0.5, 0.6) is 0 Å². The second-order valence-corrected chi connectivity index (χ2v) is 7.85. The van der Waals surface area contributed by atoms with E-state index in [1.54, 1.807) is 22.2 Å². The molecule has 0 saturated carbocycles. The maximum Gasteiger partial charge on any atom is 0.162 e. The fraction of sp³-hybridized carbons (Fsp3) is 0.250. The second-order valence-electron chi connectivity index (χ2n) is 7.85. The molecule has 30 heavy (non-hydrogen) atoms. The molecule has 0 radical (unpaired) electrons. The lowest BCUT2D eigenvalue weighted by Crippen LogP contribution is -2.46. The molecule has 0 bridgehead atoms. The van der Waals surface area contributed by atoms with Crippen LogP contribution in [0, 0.1) is 17.1 Å². The van der Waals surface area contributed by atoms with E-state index in [9.17, 15) is 14.4 Å². The molecule has 5 nitrogen and oxygen atoms in total. The molecule has 2 atom stereocenters. The summed E-state index contributed by atoms with van der Waals surface area (Å²) in [6, 6.07) is 18.1. The van der Waals surface area contributed by atoms with Crippen LogP contribution in [0.1, 0.15) is 35.8 Å². The van der Waals surface area contributed by atoms with E-state index in [0.29, 0.717) is 35.4 Å². The largest absolute Gasteiger partial charge is 0.383 e. The first-order valence-corrected chi connectivity index (χ1v) is 9.86. The number of nitrogens with two attached hydrogens (primary N) is 1. The molecule has 4 rings (SSSR count). The van der Waals surface area contributed by atoms with Crippen LogP contribution in [0.3, 0.4) is 0 Å². The summed E-state index contributed by atoms with van der Waals surface area (Å²) in [7, 11) is 3.67. The van der Waals surface area contributed by atoms with Gasteiger partial charge >= 0.3 is 0 Å². The van der Waals surface area contributed by atoms with Gasteiger partial charge in [0, 0.05) is 31.8 Å². The van der Waals surface area contributed by atoms with Crippen molar-refractivity contribution < 1.29 is 9.18 Å². The lowest BCUT2D eigenvalue weighted by atomic mass is 9.72. The summed E-state index contributed by atoms with van der Waals surface area (Å²) >= 11 is 0. The van der Waals surface area contributed by atoms with E-state index in [4.69, 9.17) is 5.73 Å². The monoisotopic (exact) mass is 402 g/mol. The van der Waals surface area contributed by atoms with Crippen LogP contribution in [0.25, 0.3) is 0 Å². The summed E-state index contributed by atoms with van der Waals surface area (Å²) in [5.74, 6) is -0.631. The van der Waals surface area contributed by atoms with Crippen LogP contribution in [-0.4, -0.2) is 29.9 Å². The van der Waals surface area contributed by atoms with Gasteiger partial charge in [0.2, 0.25) is 0 Å². The Labute approximate surface area is 175 Å². The number of hydrazine groups is 1. The quantitative estimate of drug-likeness (QED) is 0.846. The fourth-order valence-corrected chi connectivity index (χ4v) is 4.52. The normalized spacial score (nSPS) is 21.7. The van der Waals surface area contributed by atoms with Gasteiger partial charge in [-0.2, -0.15) is 5.26 Å². The number of nitrogens with zero attached hydrogens (tertiary/aromatic N) is 3. The molecular formula is C24H23FN4O. The number of hydrogen-bond donors (Lipinski definition) is 1. The van der Waals surface area contributed by atoms with E-state index in [-0.39, 0.29) is 17.5 Å². The Morgan fingerprint density at radius 2 is 1.73 bits per heavy atom. The lowest BCUT2D eigenvalue weighted by molar-refractivity contribution is -0.117. The van der Waals surface area contributed by atoms with Crippen molar-refractivity contribution in [2.75, 3.05) is 14.1 Å². The molecule has 1 aliphatic carbocycles. The molecule has 0 saturated heterocycles. The minimum atomic E-state index is -0.592. The smallest absolute Gasteiger partial charge is 0.162 e. The highest BCUT2D eigenvalue weighted by Gasteiger charge is 2.43. The number of rotatable bonds is 3. The van der Waals surface area contributed by atoms with Crippen LogP contribution >= 0.6 is 0 Å². The molecule has 0 amide bonds. The van der Waals surface area contributed by atoms with Crippen LogP contribution < -0.4 is 5.73 Å². The molecule has 1 aliphatic heterocycles. The molecule has 2 aromatic rings. The van der Waals surface area contributed by atoms with E-state index < -0.39 is 5.92 Å². The predicted molar refractivity (Wildman–Crippen MR) is 112 cm³/mol. The van der Waals surface area contributed by atoms with Crippen molar-refractivity contribution in [2.45, 2.75) is 24.7 Å². The highest BCUT2D eigenvalue weighted by molar-refractivity contribution is 6.00. The molecule has 1 heterocycles. The summed E-state index contributed by atoms with van der Waals surface area (Å²) in [6.45, 7) is 0. The molecule has 0 unspecified atom stereocenters. The van der Waals surface area contributed by atoms with Gasteiger partial charge in [-0.3, -0.25) is 9.80 Å². The third kappa shape index (κ3) is 3.27. The number of allylic oxidation sites excluding steroid dienone is 3.